The Morgan fingerprint density at radius 1 is 0.865 bits per heavy atom. The number of hydrogen-bond donors (Lipinski definition) is 1. The first-order valence-corrected chi connectivity index (χ1v) is 11.9. The van der Waals surface area contributed by atoms with E-state index in [2.05, 4.69) is 47.5 Å². The normalized spacial score (nSPS) is 12.0. The molecule has 0 bridgehead atoms. The molecule has 0 saturated heterocycles. The molecule has 2 N–H and O–H groups in total. The second-order valence-electron chi connectivity index (χ2n) is 8.78. The van der Waals surface area contributed by atoms with Crippen LogP contribution in [0.25, 0.3) is 54.7 Å². The Hall–Kier alpha value is -5.39. The molecule has 37 heavy (non-hydrogen) atoms. The summed E-state index contributed by atoms with van der Waals surface area (Å²) in [5.41, 5.74) is 10.8. The maximum absolute atomic E-state index is 9.41. The van der Waals surface area contributed by atoms with E-state index in [1.807, 2.05) is 36.4 Å². The van der Waals surface area contributed by atoms with Crippen LogP contribution in [0.3, 0.4) is 0 Å². The van der Waals surface area contributed by atoms with Crippen LogP contribution in [0.15, 0.2) is 107 Å². The van der Waals surface area contributed by atoms with E-state index in [0.717, 1.165) is 60.3 Å². The Balaban J connectivity index is 1.68. The zero-order valence-electron chi connectivity index (χ0n) is 19.8. The minimum Gasteiger partial charge on any atom is -0.456 e. The third kappa shape index (κ3) is 3.67. The number of hydrogen-bond acceptors (Lipinski definition) is 5. The van der Waals surface area contributed by atoms with Gasteiger partial charge in [-0.2, -0.15) is 10.5 Å². The summed E-state index contributed by atoms with van der Waals surface area (Å²) in [6, 6.07) is 28.5. The van der Waals surface area contributed by atoms with Crippen molar-refractivity contribution < 1.29 is 4.42 Å². The highest BCUT2D eigenvalue weighted by molar-refractivity contribution is 6.28. The van der Waals surface area contributed by atoms with E-state index in [1.54, 1.807) is 24.4 Å². The standard InChI is InChI=1S/C32H20N4O/c33-13-11-20(18-34)9-10-22-16-29-31(25-7-3-1-5-23(22)25)32-26-8-4-2-6-24(26)27(17-30(32)37-29)28-15-21(19-35)12-14-36-28/h1-9,11-17H,10,33H2/b13-11-,20-9+. The third-order valence-electron chi connectivity index (χ3n) is 6.68. The lowest BCUT2D eigenvalue weighted by Gasteiger charge is -2.09. The number of rotatable bonds is 4. The second-order valence-corrected chi connectivity index (χ2v) is 8.78. The van der Waals surface area contributed by atoms with Crippen molar-refractivity contribution in [1.29, 1.82) is 10.5 Å². The Bertz CT molecular complexity index is 2000. The quantitative estimate of drug-likeness (QED) is 0.213. The van der Waals surface area contributed by atoms with Crippen molar-refractivity contribution in [2.45, 2.75) is 6.42 Å². The van der Waals surface area contributed by atoms with Crippen molar-refractivity contribution in [2.24, 2.45) is 5.73 Å². The van der Waals surface area contributed by atoms with E-state index in [1.165, 1.54) is 6.20 Å². The predicted molar refractivity (Wildman–Crippen MR) is 147 cm³/mol. The molecule has 0 unspecified atom stereocenters. The fraction of sp³-hybridized carbons (Fsp3) is 0.0312. The van der Waals surface area contributed by atoms with E-state index in [4.69, 9.17) is 10.2 Å². The Kier molecular flexibility index (Phi) is 5.37. The third-order valence-corrected chi connectivity index (χ3v) is 6.68. The van der Waals surface area contributed by atoms with Gasteiger partial charge in [-0.3, -0.25) is 4.98 Å². The molecule has 5 heteroatoms. The van der Waals surface area contributed by atoms with Gasteiger partial charge in [0, 0.05) is 28.1 Å². The molecule has 0 saturated carbocycles. The van der Waals surface area contributed by atoms with Crippen LogP contribution in [0, 0.1) is 22.7 Å². The second kappa shape index (κ2) is 9.00. The van der Waals surface area contributed by atoms with Crippen LogP contribution in [0.2, 0.25) is 0 Å². The van der Waals surface area contributed by atoms with Crippen molar-refractivity contribution in [3.05, 3.63) is 114 Å². The van der Waals surface area contributed by atoms with E-state index in [9.17, 15) is 10.5 Å². The molecule has 0 aliphatic heterocycles. The molecule has 174 valence electrons. The van der Waals surface area contributed by atoms with Gasteiger partial charge in [-0.1, -0.05) is 54.6 Å². The summed E-state index contributed by atoms with van der Waals surface area (Å²) in [4.78, 5) is 4.56. The van der Waals surface area contributed by atoms with Crippen LogP contribution in [0.1, 0.15) is 11.1 Å². The molecule has 0 atom stereocenters. The highest BCUT2D eigenvalue weighted by Gasteiger charge is 2.18. The number of fused-ring (bicyclic) bond motifs is 7. The molecular formula is C32H20N4O. The summed E-state index contributed by atoms with van der Waals surface area (Å²) in [7, 11) is 0. The Morgan fingerprint density at radius 2 is 1.54 bits per heavy atom. The molecule has 5 nitrogen and oxygen atoms in total. The molecule has 0 aliphatic rings. The first-order chi connectivity index (χ1) is 18.2. The molecule has 2 heterocycles. The van der Waals surface area contributed by atoms with Gasteiger partial charge >= 0.3 is 0 Å². The maximum Gasteiger partial charge on any atom is 0.136 e. The number of allylic oxidation sites excluding steroid dienone is 3. The topological polar surface area (TPSA) is 99.6 Å². The summed E-state index contributed by atoms with van der Waals surface area (Å²) < 4.78 is 6.50. The average molecular weight is 477 g/mol. The Labute approximate surface area is 213 Å². The molecule has 2 aromatic heterocycles. The molecule has 0 radical (unpaired) electrons. The van der Waals surface area contributed by atoms with Gasteiger partial charge in [0.2, 0.25) is 0 Å². The van der Waals surface area contributed by atoms with Crippen LogP contribution >= 0.6 is 0 Å². The number of pyridine rings is 1. The van der Waals surface area contributed by atoms with Crippen molar-refractivity contribution in [1.82, 2.24) is 4.98 Å². The van der Waals surface area contributed by atoms with Crippen LogP contribution in [-0.4, -0.2) is 4.98 Å². The van der Waals surface area contributed by atoms with Crippen LogP contribution < -0.4 is 5.73 Å². The first kappa shape index (κ1) is 22.1. The number of nitrogens with zero attached hydrogens (tertiary/aromatic N) is 3. The molecule has 0 spiro atoms. The molecular weight excluding hydrogens is 456 g/mol. The largest absolute Gasteiger partial charge is 0.456 e. The summed E-state index contributed by atoms with van der Waals surface area (Å²) in [6.07, 6.45) is 7.08. The van der Waals surface area contributed by atoms with Crippen molar-refractivity contribution in [3.8, 4) is 23.4 Å². The van der Waals surface area contributed by atoms with E-state index in [0.29, 0.717) is 17.6 Å². The molecule has 4 aromatic carbocycles. The Morgan fingerprint density at radius 3 is 2.24 bits per heavy atom. The lowest BCUT2D eigenvalue weighted by Crippen LogP contribution is -1.89. The minimum atomic E-state index is 0.513. The summed E-state index contributed by atoms with van der Waals surface area (Å²) >= 11 is 0. The monoisotopic (exact) mass is 476 g/mol. The molecule has 6 rings (SSSR count). The van der Waals surface area contributed by atoms with Gasteiger partial charge in [0.05, 0.1) is 23.4 Å². The van der Waals surface area contributed by atoms with Crippen molar-refractivity contribution in [2.75, 3.05) is 0 Å². The maximum atomic E-state index is 9.41. The summed E-state index contributed by atoms with van der Waals surface area (Å²) in [5.74, 6) is 0. The predicted octanol–water partition coefficient (Wildman–Crippen LogP) is 7.29. The van der Waals surface area contributed by atoms with Crippen LogP contribution in [-0.2, 0) is 6.42 Å². The summed E-state index contributed by atoms with van der Waals surface area (Å²) in [6.45, 7) is 0. The van der Waals surface area contributed by atoms with Crippen molar-refractivity contribution >= 4 is 43.5 Å². The van der Waals surface area contributed by atoms with Gasteiger partial charge in [-0.25, -0.2) is 0 Å². The number of nitriles is 2. The average Bonchev–Trinajstić information content (AvgIpc) is 3.33. The number of aromatic nitrogens is 1. The first-order valence-electron chi connectivity index (χ1n) is 11.9. The smallest absolute Gasteiger partial charge is 0.136 e. The minimum absolute atomic E-state index is 0.513. The zero-order valence-corrected chi connectivity index (χ0v) is 19.8. The van der Waals surface area contributed by atoms with Gasteiger partial charge in [-0.05, 0) is 70.1 Å². The van der Waals surface area contributed by atoms with Gasteiger partial charge < -0.3 is 10.2 Å². The van der Waals surface area contributed by atoms with Gasteiger partial charge in [0.1, 0.15) is 11.2 Å². The van der Waals surface area contributed by atoms with Crippen LogP contribution in [0.4, 0.5) is 0 Å². The van der Waals surface area contributed by atoms with Crippen LogP contribution in [0.5, 0.6) is 0 Å². The van der Waals surface area contributed by atoms with Gasteiger partial charge in [0.15, 0.2) is 0 Å². The molecule has 0 amide bonds. The van der Waals surface area contributed by atoms with Gasteiger partial charge in [-0.15, -0.1) is 0 Å². The fourth-order valence-electron chi connectivity index (χ4n) is 5.07. The van der Waals surface area contributed by atoms with Crippen molar-refractivity contribution in [3.63, 3.8) is 0 Å². The molecule has 0 fully saturated rings. The number of furan rings is 1. The van der Waals surface area contributed by atoms with Gasteiger partial charge in [0.25, 0.3) is 0 Å². The number of nitrogens with two attached hydrogens (primary N) is 1. The SMILES string of the molecule is N#CC(/C=C\N)=C/Cc1cc2oc3cc(-c4cc(C#N)ccn4)c4ccccc4c3c2c2ccccc12. The summed E-state index contributed by atoms with van der Waals surface area (Å²) in [5, 5.41) is 25.2. The van der Waals surface area contributed by atoms with E-state index < -0.39 is 0 Å². The molecule has 6 aromatic rings. The lowest BCUT2D eigenvalue weighted by atomic mass is 9.93. The highest BCUT2D eigenvalue weighted by Crippen LogP contribution is 2.43. The van der Waals surface area contributed by atoms with E-state index in [-0.39, 0.29) is 0 Å². The zero-order chi connectivity index (χ0) is 25.4. The highest BCUT2D eigenvalue weighted by atomic mass is 16.3. The number of benzene rings is 4. The molecule has 0 aliphatic carbocycles. The van der Waals surface area contributed by atoms with E-state index >= 15 is 0 Å². The lowest BCUT2D eigenvalue weighted by molar-refractivity contribution is 0.669. The fourth-order valence-corrected chi connectivity index (χ4v) is 5.07.